The average Bonchev–Trinajstić information content (AvgIpc) is 3.56. The number of fused-ring (bicyclic) bond motifs is 5. The molecular formula is C26H26N2O7. The molecule has 35 heavy (non-hydrogen) atoms. The SMILES string of the molecule is COc1ccc(NC(=O)COC(=O)c2cccc(N3C(=O)[C@@H]4[C@H]5CC[C@@H](C5)[C@@H]4C3=O)c2)c(OC)c1. The van der Waals surface area contributed by atoms with Gasteiger partial charge in [0.2, 0.25) is 11.8 Å². The van der Waals surface area contributed by atoms with Crippen molar-refractivity contribution in [3.8, 4) is 11.5 Å². The number of carbonyl (C=O) groups excluding carboxylic acids is 4. The Bertz CT molecular complexity index is 1180. The van der Waals surface area contributed by atoms with Crippen molar-refractivity contribution in [2.75, 3.05) is 31.0 Å². The maximum atomic E-state index is 13.1. The molecule has 0 unspecified atom stereocenters. The standard InChI is InChI=1S/C26H26N2O7/c1-33-18-8-9-19(20(12-18)34-2)27-21(29)13-35-26(32)16-4-3-5-17(11-16)28-24(30)22-14-6-7-15(10-14)23(22)25(28)31/h3-5,8-9,11-12,14-15,22-23H,6-7,10,13H2,1-2H3,(H,27,29)/t14-,15-,22-,23+/m0/s1. The number of ether oxygens (including phenoxy) is 3. The minimum atomic E-state index is -0.733. The van der Waals surface area contributed by atoms with Crippen molar-refractivity contribution >= 4 is 35.1 Å². The first kappa shape index (κ1) is 22.9. The lowest BCUT2D eigenvalue weighted by Crippen LogP contribution is -2.32. The highest BCUT2D eigenvalue weighted by Crippen LogP contribution is 2.56. The molecule has 2 aromatic rings. The number of carbonyl (C=O) groups is 4. The number of nitrogens with zero attached hydrogens (tertiary/aromatic N) is 1. The molecule has 0 aromatic heterocycles. The zero-order valence-electron chi connectivity index (χ0n) is 19.5. The van der Waals surface area contributed by atoms with Crippen molar-refractivity contribution in [2.24, 2.45) is 23.7 Å². The van der Waals surface area contributed by atoms with E-state index in [1.165, 1.54) is 31.3 Å². The Morgan fingerprint density at radius 1 is 0.971 bits per heavy atom. The summed E-state index contributed by atoms with van der Waals surface area (Å²) in [5.41, 5.74) is 0.913. The highest BCUT2D eigenvalue weighted by atomic mass is 16.5. The normalized spacial score (nSPS) is 24.3. The molecule has 5 rings (SSSR count). The Kier molecular flexibility index (Phi) is 5.92. The van der Waals surface area contributed by atoms with Crippen LogP contribution in [0.2, 0.25) is 0 Å². The Morgan fingerprint density at radius 3 is 2.34 bits per heavy atom. The second kappa shape index (κ2) is 9.05. The average molecular weight is 479 g/mol. The molecule has 4 atom stereocenters. The molecule has 1 heterocycles. The van der Waals surface area contributed by atoms with Crippen molar-refractivity contribution < 1.29 is 33.4 Å². The van der Waals surface area contributed by atoms with Crippen LogP contribution in [0.5, 0.6) is 11.5 Å². The molecule has 3 fully saturated rings. The van der Waals surface area contributed by atoms with Gasteiger partial charge in [-0.2, -0.15) is 0 Å². The van der Waals surface area contributed by atoms with Gasteiger partial charge in [-0.15, -0.1) is 0 Å². The summed E-state index contributed by atoms with van der Waals surface area (Å²) in [7, 11) is 2.98. The third-order valence-electron chi connectivity index (χ3n) is 7.28. The van der Waals surface area contributed by atoms with E-state index in [1.54, 1.807) is 30.3 Å². The largest absolute Gasteiger partial charge is 0.497 e. The summed E-state index contributed by atoms with van der Waals surface area (Å²) in [6, 6.07) is 11.1. The Hall–Kier alpha value is -3.88. The number of imide groups is 1. The van der Waals surface area contributed by atoms with Gasteiger partial charge in [-0.05, 0) is 61.4 Å². The van der Waals surface area contributed by atoms with Gasteiger partial charge < -0.3 is 19.5 Å². The topological polar surface area (TPSA) is 111 Å². The van der Waals surface area contributed by atoms with Gasteiger partial charge in [0.05, 0.1) is 43.0 Å². The fraction of sp³-hybridized carbons (Fsp3) is 0.385. The molecule has 2 saturated carbocycles. The van der Waals surface area contributed by atoms with E-state index in [0.29, 0.717) is 22.9 Å². The zero-order valence-corrected chi connectivity index (χ0v) is 19.5. The molecule has 2 bridgehead atoms. The summed E-state index contributed by atoms with van der Waals surface area (Å²) in [6.07, 6.45) is 2.95. The molecule has 0 radical (unpaired) electrons. The number of hydrogen-bond acceptors (Lipinski definition) is 7. The van der Waals surface area contributed by atoms with E-state index in [0.717, 1.165) is 19.3 Å². The fourth-order valence-electron chi connectivity index (χ4n) is 5.74. The fourth-order valence-corrected chi connectivity index (χ4v) is 5.74. The number of nitrogens with one attached hydrogen (secondary N) is 1. The van der Waals surface area contributed by atoms with Crippen LogP contribution in [0, 0.1) is 23.7 Å². The number of methoxy groups -OCH3 is 2. The first-order chi connectivity index (χ1) is 16.9. The molecule has 3 amide bonds. The molecule has 2 aromatic carbocycles. The lowest BCUT2D eigenvalue weighted by Gasteiger charge is -2.19. The first-order valence-electron chi connectivity index (χ1n) is 11.6. The molecule has 1 saturated heterocycles. The number of rotatable bonds is 7. The molecular weight excluding hydrogens is 452 g/mol. The first-order valence-corrected chi connectivity index (χ1v) is 11.6. The number of amides is 3. The van der Waals surface area contributed by atoms with Gasteiger partial charge >= 0.3 is 5.97 Å². The smallest absolute Gasteiger partial charge is 0.338 e. The predicted octanol–water partition coefficient (Wildman–Crippen LogP) is 3.03. The monoisotopic (exact) mass is 478 g/mol. The third-order valence-corrected chi connectivity index (χ3v) is 7.28. The van der Waals surface area contributed by atoms with E-state index in [-0.39, 0.29) is 41.0 Å². The summed E-state index contributed by atoms with van der Waals surface area (Å²) in [5.74, 6) is -0.589. The second-order valence-electron chi connectivity index (χ2n) is 9.14. The lowest BCUT2D eigenvalue weighted by atomic mass is 9.81. The van der Waals surface area contributed by atoms with E-state index < -0.39 is 18.5 Å². The van der Waals surface area contributed by atoms with Crippen LogP contribution in [0.3, 0.4) is 0 Å². The van der Waals surface area contributed by atoms with Crippen LogP contribution in [0.25, 0.3) is 0 Å². The van der Waals surface area contributed by atoms with Crippen LogP contribution < -0.4 is 19.7 Å². The van der Waals surface area contributed by atoms with Gasteiger partial charge in [0.15, 0.2) is 6.61 Å². The van der Waals surface area contributed by atoms with Crippen LogP contribution in [0.4, 0.5) is 11.4 Å². The van der Waals surface area contributed by atoms with Crippen molar-refractivity contribution in [2.45, 2.75) is 19.3 Å². The quantitative estimate of drug-likeness (QED) is 0.481. The Balaban J connectivity index is 1.23. The second-order valence-corrected chi connectivity index (χ2v) is 9.14. The summed E-state index contributed by atoms with van der Waals surface area (Å²) < 4.78 is 15.5. The van der Waals surface area contributed by atoms with Crippen LogP contribution >= 0.6 is 0 Å². The molecule has 1 N–H and O–H groups in total. The summed E-state index contributed by atoms with van der Waals surface area (Å²) in [5, 5.41) is 2.63. The number of anilines is 2. The summed E-state index contributed by atoms with van der Waals surface area (Å²) >= 11 is 0. The van der Waals surface area contributed by atoms with Gasteiger partial charge in [-0.1, -0.05) is 6.07 Å². The summed E-state index contributed by atoms with van der Waals surface area (Å²) in [4.78, 5) is 52.3. The van der Waals surface area contributed by atoms with E-state index in [2.05, 4.69) is 5.32 Å². The van der Waals surface area contributed by atoms with Crippen molar-refractivity contribution in [1.29, 1.82) is 0 Å². The number of benzene rings is 2. The molecule has 9 nitrogen and oxygen atoms in total. The van der Waals surface area contributed by atoms with Crippen molar-refractivity contribution in [3.63, 3.8) is 0 Å². The van der Waals surface area contributed by atoms with Crippen molar-refractivity contribution in [1.82, 2.24) is 0 Å². The highest BCUT2D eigenvalue weighted by molar-refractivity contribution is 6.22. The van der Waals surface area contributed by atoms with Gasteiger partial charge in [-0.3, -0.25) is 19.3 Å². The molecule has 182 valence electrons. The lowest BCUT2D eigenvalue weighted by molar-refractivity contribution is -0.123. The Labute approximate surface area is 202 Å². The maximum Gasteiger partial charge on any atom is 0.338 e. The highest BCUT2D eigenvalue weighted by Gasteiger charge is 2.61. The van der Waals surface area contributed by atoms with Gasteiger partial charge in [0, 0.05) is 6.07 Å². The predicted molar refractivity (Wildman–Crippen MR) is 125 cm³/mol. The van der Waals surface area contributed by atoms with Crippen LogP contribution in [-0.2, 0) is 19.1 Å². The van der Waals surface area contributed by atoms with E-state index in [9.17, 15) is 19.2 Å². The third kappa shape index (κ3) is 4.00. The Morgan fingerprint density at radius 2 is 1.69 bits per heavy atom. The van der Waals surface area contributed by atoms with Gasteiger partial charge in [0.25, 0.3) is 5.91 Å². The van der Waals surface area contributed by atoms with E-state index >= 15 is 0 Å². The minimum absolute atomic E-state index is 0.151. The van der Waals surface area contributed by atoms with Gasteiger partial charge in [-0.25, -0.2) is 4.79 Å². The maximum absolute atomic E-state index is 13.1. The van der Waals surface area contributed by atoms with E-state index in [4.69, 9.17) is 14.2 Å². The van der Waals surface area contributed by atoms with E-state index in [1.807, 2.05) is 0 Å². The molecule has 0 spiro atoms. The van der Waals surface area contributed by atoms with Crippen LogP contribution in [0.1, 0.15) is 29.6 Å². The molecule has 9 heteroatoms. The molecule has 1 aliphatic heterocycles. The minimum Gasteiger partial charge on any atom is -0.497 e. The van der Waals surface area contributed by atoms with Crippen LogP contribution in [0.15, 0.2) is 42.5 Å². The number of esters is 1. The van der Waals surface area contributed by atoms with Crippen molar-refractivity contribution in [3.05, 3.63) is 48.0 Å². The number of hydrogen-bond donors (Lipinski definition) is 1. The molecule has 3 aliphatic rings. The molecule has 2 aliphatic carbocycles. The summed E-state index contributed by atoms with van der Waals surface area (Å²) in [6.45, 7) is -0.521. The zero-order chi connectivity index (χ0) is 24.7. The van der Waals surface area contributed by atoms with Gasteiger partial charge in [0.1, 0.15) is 11.5 Å². The van der Waals surface area contributed by atoms with Crippen LogP contribution in [-0.4, -0.2) is 44.5 Å².